The summed E-state index contributed by atoms with van der Waals surface area (Å²) in [5, 5.41) is 2.13. The number of aromatic nitrogens is 3. The van der Waals surface area contributed by atoms with Gasteiger partial charge >= 0.3 is 0 Å². The van der Waals surface area contributed by atoms with Gasteiger partial charge in [-0.1, -0.05) is 36.9 Å². The summed E-state index contributed by atoms with van der Waals surface area (Å²) < 4.78 is 5.47. The average Bonchev–Trinajstić information content (AvgIpc) is 3.40. The van der Waals surface area contributed by atoms with Crippen LogP contribution in [0.2, 0.25) is 5.02 Å². The van der Waals surface area contributed by atoms with Crippen LogP contribution in [0.15, 0.2) is 45.8 Å². The zero-order chi connectivity index (χ0) is 20.5. The molecule has 1 saturated heterocycles. The SMILES string of the molecule is C=C(/C=C1/OC=C/C1=N/C)Sc1nc(N2CCC(N)C2)c2c(Cl)c(CC)[nH]c2n1. The monoisotopic (exact) mass is 430 g/mol. The van der Waals surface area contributed by atoms with Gasteiger partial charge in [-0.05, 0) is 18.9 Å². The van der Waals surface area contributed by atoms with Crippen LogP contribution >= 0.6 is 23.4 Å². The molecule has 2 aliphatic heterocycles. The highest BCUT2D eigenvalue weighted by atomic mass is 35.5. The van der Waals surface area contributed by atoms with E-state index in [1.54, 1.807) is 13.3 Å². The van der Waals surface area contributed by atoms with Crippen molar-refractivity contribution in [2.75, 3.05) is 25.0 Å². The van der Waals surface area contributed by atoms with E-state index in [1.165, 1.54) is 11.8 Å². The highest BCUT2D eigenvalue weighted by Crippen LogP contribution is 2.37. The number of nitrogens with two attached hydrogens (primary N) is 1. The van der Waals surface area contributed by atoms with Crippen LogP contribution in [-0.2, 0) is 11.2 Å². The zero-order valence-electron chi connectivity index (χ0n) is 16.4. The van der Waals surface area contributed by atoms with Crippen LogP contribution in [0.5, 0.6) is 0 Å². The van der Waals surface area contributed by atoms with E-state index < -0.39 is 0 Å². The van der Waals surface area contributed by atoms with E-state index in [4.69, 9.17) is 27.1 Å². The van der Waals surface area contributed by atoms with E-state index in [-0.39, 0.29) is 6.04 Å². The molecule has 0 spiro atoms. The summed E-state index contributed by atoms with van der Waals surface area (Å²) in [6.07, 6.45) is 6.98. The number of fused-ring (bicyclic) bond motifs is 1. The Kier molecular flexibility index (Phi) is 5.67. The summed E-state index contributed by atoms with van der Waals surface area (Å²) in [7, 11) is 1.72. The molecule has 2 aliphatic rings. The lowest BCUT2D eigenvalue weighted by atomic mass is 10.3. The number of anilines is 1. The van der Waals surface area contributed by atoms with E-state index in [0.29, 0.717) is 15.9 Å². The Hall–Kier alpha value is -2.29. The summed E-state index contributed by atoms with van der Waals surface area (Å²) in [5.41, 5.74) is 8.59. The molecule has 7 nitrogen and oxygen atoms in total. The molecule has 0 aliphatic carbocycles. The van der Waals surface area contributed by atoms with Crippen molar-refractivity contribution in [2.24, 2.45) is 10.7 Å². The van der Waals surface area contributed by atoms with Gasteiger partial charge in [-0.2, -0.15) is 0 Å². The van der Waals surface area contributed by atoms with Gasteiger partial charge in [0.15, 0.2) is 10.9 Å². The summed E-state index contributed by atoms with van der Waals surface area (Å²) in [6, 6.07) is 0.137. The summed E-state index contributed by atoms with van der Waals surface area (Å²) in [6.45, 7) is 7.77. The highest BCUT2D eigenvalue weighted by Gasteiger charge is 2.26. The minimum Gasteiger partial charge on any atom is -0.463 e. The topological polar surface area (TPSA) is 92.4 Å². The van der Waals surface area contributed by atoms with Crippen molar-refractivity contribution in [3.63, 3.8) is 0 Å². The molecule has 1 unspecified atom stereocenters. The molecule has 9 heteroatoms. The number of halogens is 1. The fourth-order valence-corrected chi connectivity index (χ4v) is 4.49. The van der Waals surface area contributed by atoms with Crippen molar-refractivity contribution in [1.29, 1.82) is 0 Å². The molecule has 1 atom stereocenters. The van der Waals surface area contributed by atoms with Gasteiger partial charge in [0.25, 0.3) is 0 Å². The van der Waals surface area contributed by atoms with Crippen LogP contribution in [0.3, 0.4) is 0 Å². The first-order chi connectivity index (χ1) is 14.0. The predicted octanol–water partition coefficient (Wildman–Crippen LogP) is 3.82. The molecule has 3 N–H and O–H groups in total. The lowest BCUT2D eigenvalue weighted by Crippen LogP contribution is -2.27. The average molecular weight is 431 g/mol. The Morgan fingerprint density at radius 2 is 2.38 bits per heavy atom. The van der Waals surface area contributed by atoms with E-state index in [9.17, 15) is 0 Å². The highest BCUT2D eigenvalue weighted by molar-refractivity contribution is 8.03. The maximum Gasteiger partial charge on any atom is 0.196 e. The molecule has 0 bridgehead atoms. The first-order valence-corrected chi connectivity index (χ1v) is 10.7. The third-order valence-electron chi connectivity index (χ3n) is 4.93. The van der Waals surface area contributed by atoms with Gasteiger partial charge in [0.2, 0.25) is 0 Å². The maximum absolute atomic E-state index is 6.64. The number of aryl methyl sites for hydroxylation is 1. The number of nitrogens with one attached hydrogen (secondary N) is 1. The molecule has 0 saturated carbocycles. The Morgan fingerprint density at radius 1 is 1.55 bits per heavy atom. The molecular weight excluding hydrogens is 408 g/mol. The van der Waals surface area contributed by atoms with Crippen LogP contribution in [0.25, 0.3) is 11.0 Å². The van der Waals surface area contributed by atoms with Gasteiger partial charge < -0.3 is 20.4 Å². The minimum atomic E-state index is 0.137. The van der Waals surface area contributed by atoms with Gasteiger partial charge in [-0.15, -0.1) is 0 Å². The Morgan fingerprint density at radius 3 is 3.07 bits per heavy atom. The van der Waals surface area contributed by atoms with E-state index >= 15 is 0 Å². The maximum atomic E-state index is 6.64. The third-order valence-corrected chi connectivity index (χ3v) is 6.09. The minimum absolute atomic E-state index is 0.137. The molecular formula is C20H23ClN6OS. The first-order valence-electron chi connectivity index (χ1n) is 9.47. The zero-order valence-corrected chi connectivity index (χ0v) is 18.0. The second-order valence-corrected chi connectivity index (χ2v) is 8.40. The summed E-state index contributed by atoms with van der Waals surface area (Å²) in [5.74, 6) is 1.48. The predicted molar refractivity (Wildman–Crippen MR) is 120 cm³/mol. The Bertz CT molecular complexity index is 1060. The number of ether oxygens (including phenoxy) is 1. The molecule has 2 aromatic rings. The van der Waals surface area contributed by atoms with Crippen molar-refractivity contribution in [3.05, 3.63) is 46.4 Å². The number of aromatic amines is 1. The van der Waals surface area contributed by atoms with Crippen LogP contribution in [0, 0.1) is 0 Å². The van der Waals surface area contributed by atoms with Crippen molar-refractivity contribution in [3.8, 4) is 0 Å². The fourth-order valence-electron chi connectivity index (χ4n) is 3.47. The second-order valence-electron chi connectivity index (χ2n) is 6.93. The normalized spacial score (nSPS) is 21.7. The molecule has 4 heterocycles. The van der Waals surface area contributed by atoms with Crippen LogP contribution in [0.1, 0.15) is 19.0 Å². The molecule has 0 aromatic carbocycles. The van der Waals surface area contributed by atoms with Crippen LogP contribution in [0.4, 0.5) is 5.82 Å². The van der Waals surface area contributed by atoms with Crippen LogP contribution < -0.4 is 10.6 Å². The van der Waals surface area contributed by atoms with E-state index in [2.05, 4.69) is 33.4 Å². The summed E-state index contributed by atoms with van der Waals surface area (Å²) >= 11 is 8.02. The quantitative estimate of drug-likeness (QED) is 0.553. The van der Waals surface area contributed by atoms with Crippen molar-refractivity contribution < 1.29 is 4.74 Å². The van der Waals surface area contributed by atoms with Gasteiger partial charge in [0.05, 0.1) is 16.7 Å². The smallest absolute Gasteiger partial charge is 0.196 e. The fraction of sp³-hybridized carbons (Fsp3) is 0.350. The van der Waals surface area contributed by atoms with Crippen LogP contribution in [-0.4, -0.2) is 46.8 Å². The van der Waals surface area contributed by atoms with Crippen molar-refractivity contribution in [2.45, 2.75) is 31.0 Å². The van der Waals surface area contributed by atoms with Gasteiger partial charge in [-0.3, -0.25) is 4.99 Å². The number of nitrogens with zero attached hydrogens (tertiary/aromatic N) is 4. The molecule has 29 heavy (non-hydrogen) atoms. The molecule has 1 fully saturated rings. The van der Waals surface area contributed by atoms with E-state index in [0.717, 1.165) is 59.1 Å². The Balaban J connectivity index is 1.70. The Labute approximate surface area is 178 Å². The van der Waals surface area contributed by atoms with Gasteiger partial charge in [0.1, 0.15) is 17.2 Å². The number of thioether (sulfide) groups is 1. The molecule has 4 rings (SSSR count). The first kappa shape index (κ1) is 20.0. The largest absolute Gasteiger partial charge is 0.463 e. The molecule has 2 aromatic heterocycles. The van der Waals surface area contributed by atoms with Crippen molar-refractivity contribution in [1.82, 2.24) is 15.0 Å². The number of rotatable bonds is 5. The number of hydrogen-bond donors (Lipinski definition) is 2. The second kappa shape index (κ2) is 8.22. The number of hydrogen-bond acceptors (Lipinski definition) is 7. The number of H-pyrrole nitrogens is 1. The summed E-state index contributed by atoms with van der Waals surface area (Å²) in [4.78, 5) is 20.0. The van der Waals surface area contributed by atoms with Crippen molar-refractivity contribution >= 4 is 45.9 Å². The molecule has 152 valence electrons. The molecule has 0 amide bonds. The van der Waals surface area contributed by atoms with Gasteiger partial charge in [0, 0.05) is 42.9 Å². The number of allylic oxidation sites excluding steroid dienone is 2. The lowest BCUT2D eigenvalue weighted by Gasteiger charge is -2.18. The third kappa shape index (κ3) is 3.92. The standard InChI is InChI=1S/C20H23ClN6OS/c1-4-13-17(21)16-18(24-13)25-20(26-19(16)27-7-5-12(22)10-27)29-11(2)9-15-14(23-3)6-8-28-15/h6,8-9,12H,2,4-5,7,10,22H2,1,3H3,(H,24,25,26)/b15-9+,23-14-. The van der Waals surface area contributed by atoms with Gasteiger partial charge in [-0.25, -0.2) is 9.97 Å². The molecule has 0 radical (unpaired) electrons. The lowest BCUT2D eigenvalue weighted by molar-refractivity contribution is 0.389. The number of aliphatic imine (C=N–C) groups is 1. The van der Waals surface area contributed by atoms with E-state index in [1.807, 2.05) is 12.2 Å².